The molecule has 0 aliphatic heterocycles. The Morgan fingerprint density at radius 3 is 2.38 bits per heavy atom. The van der Waals surface area contributed by atoms with Gasteiger partial charge in [0.25, 0.3) is 5.91 Å². The summed E-state index contributed by atoms with van der Waals surface area (Å²) in [6.45, 7) is 1.83. The van der Waals surface area contributed by atoms with Gasteiger partial charge in [0.05, 0.1) is 27.3 Å². The van der Waals surface area contributed by atoms with Crippen LogP contribution < -0.4 is 16.1 Å². The van der Waals surface area contributed by atoms with Gasteiger partial charge in [-0.15, -0.1) is 11.3 Å². The number of carbonyl (C=O) groups is 3. The Kier molecular flexibility index (Phi) is 9.02. The van der Waals surface area contributed by atoms with Gasteiger partial charge in [0.15, 0.2) is 0 Å². The van der Waals surface area contributed by atoms with E-state index in [1.54, 1.807) is 48.8 Å². The van der Waals surface area contributed by atoms with Crippen LogP contribution in [0.25, 0.3) is 10.4 Å². The van der Waals surface area contributed by atoms with Crippen LogP contribution in [0.2, 0.25) is 10.0 Å². The smallest absolute Gasteiger partial charge is 0.335 e. The number of benzene rings is 1. The summed E-state index contributed by atoms with van der Waals surface area (Å²) < 4.78 is 0. The highest BCUT2D eigenvalue weighted by molar-refractivity contribution is 7.18. The molecule has 0 saturated heterocycles. The Bertz CT molecular complexity index is 1260. The molecule has 0 unspecified atom stereocenters. The van der Waals surface area contributed by atoms with Crippen LogP contribution in [0.3, 0.4) is 0 Å². The number of aromatic nitrogens is 1. The van der Waals surface area contributed by atoms with Gasteiger partial charge in [-0.1, -0.05) is 55.5 Å². The van der Waals surface area contributed by atoms with Crippen LogP contribution in [0.1, 0.15) is 48.7 Å². The molecule has 1 aromatic carbocycles. The number of hydrogen-bond acceptors (Lipinski definition) is 6. The molecule has 4 rings (SSSR count). The van der Waals surface area contributed by atoms with Crippen LogP contribution in [0, 0.1) is 11.8 Å². The van der Waals surface area contributed by atoms with Gasteiger partial charge in [-0.05, 0) is 54.7 Å². The molecule has 1 fully saturated rings. The molecule has 8 nitrogen and oxygen atoms in total. The van der Waals surface area contributed by atoms with Crippen LogP contribution in [0.15, 0.2) is 48.8 Å². The third kappa shape index (κ3) is 6.80. The first-order chi connectivity index (χ1) is 17.8. The van der Waals surface area contributed by atoms with E-state index in [0.717, 1.165) is 42.6 Å². The third-order valence-electron chi connectivity index (χ3n) is 6.33. The van der Waals surface area contributed by atoms with E-state index in [2.05, 4.69) is 21.1 Å². The molecule has 3 aromatic rings. The van der Waals surface area contributed by atoms with Gasteiger partial charge in [-0.25, -0.2) is 9.59 Å². The molecule has 0 bridgehead atoms. The number of rotatable bonds is 6. The fourth-order valence-electron chi connectivity index (χ4n) is 4.26. The molecule has 194 valence electrons. The Balaban J connectivity index is 1.50. The number of pyridine rings is 1. The van der Waals surface area contributed by atoms with Crippen LogP contribution in [-0.2, 0) is 9.63 Å². The molecule has 1 atom stereocenters. The second-order valence-electron chi connectivity index (χ2n) is 8.80. The number of hydroxylamine groups is 1. The number of hydrogen-bond donors (Lipinski definition) is 3. The zero-order valence-corrected chi connectivity index (χ0v) is 22.4. The molecule has 37 heavy (non-hydrogen) atoms. The Hall–Kier alpha value is -3.14. The zero-order chi connectivity index (χ0) is 26.4. The lowest BCUT2D eigenvalue weighted by atomic mass is 9.81. The molecule has 2 heterocycles. The van der Waals surface area contributed by atoms with Crippen LogP contribution in [0.4, 0.5) is 16.2 Å². The lowest BCUT2D eigenvalue weighted by Gasteiger charge is -2.25. The van der Waals surface area contributed by atoms with Crippen LogP contribution in [-0.4, -0.2) is 22.9 Å². The molecule has 1 aliphatic carbocycles. The van der Waals surface area contributed by atoms with Crippen LogP contribution >= 0.6 is 34.5 Å². The van der Waals surface area contributed by atoms with E-state index in [1.807, 2.05) is 6.92 Å². The van der Waals surface area contributed by atoms with Gasteiger partial charge in [-0.2, -0.15) is 5.48 Å². The molecule has 3 N–H and O–H groups in total. The number of anilines is 2. The molecular formula is C26H26Cl2N4O4S. The van der Waals surface area contributed by atoms with Crippen molar-refractivity contribution in [3.8, 4) is 10.4 Å². The highest BCUT2D eigenvalue weighted by Gasteiger charge is 2.28. The second kappa shape index (κ2) is 12.4. The lowest BCUT2D eigenvalue weighted by Crippen LogP contribution is -2.33. The van der Waals surface area contributed by atoms with Crippen molar-refractivity contribution in [2.45, 2.75) is 39.0 Å². The van der Waals surface area contributed by atoms with E-state index in [1.165, 1.54) is 6.42 Å². The van der Waals surface area contributed by atoms with Gasteiger partial charge >= 0.3 is 12.0 Å². The second-order valence-corrected chi connectivity index (χ2v) is 10.7. The monoisotopic (exact) mass is 560 g/mol. The first-order valence-electron chi connectivity index (χ1n) is 11.9. The quantitative estimate of drug-likeness (QED) is 0.277. The molecule has 3 amide bonds. The fourth-order valence-corrected chi connectivity index (χ4v) is 5.75. The van der Waals surface area contributed by atoms with E-state index >= 15 is 0 Å². The van der Waals surface area contributed by atoms with Gasteiger partial charge in [-0.3, -0.25) is 9.78 Å². The van der Waals surface area contributed by atoms with Crippen molar-refractivity contribution < 1.29 is 19.2 Å². The minimum absolute atomic E-state index is 0.158. The summed E-state index contributed by atoms with van der Waals surface area (Å²) in [6, 6.07) is 9.43. The van der Waals surface area contributed by atoms with Gasteiger partial charge in [0.2, 0.25) is 0 Å². The maximum atomic E-state index is 13.1. The normalized spacial score (nSPS) is 14.5. The summed E-state index contributed by atoms with van der Waals surface area (Å²) in [4.78, 5) is 48.5. The Morgan fingerprint density at radius 1 is 1.03 bits per heavy atom. The number of nitrogens with zero attached hydrogens (tertiary/aromatic N) is 1. The van der Waals surface area contributed by atoms with Crippen molar-refractivity contribution in [3.63, 3.8) is 0 Å². The summed E-state index contributed by atoms with van der Waals surface area (Å²) in [5.74, 6) is -1.21. The highest BCUT2D eigenvalue weighted by Crippen LogP contribution is 2.36. The average molecular weight is 561 g/mol. The number of thiophene rings is 1. The molecule has 11 heteroatoms. The van der Waals surface area contributed by atoms with E-state index in [0.29, 0.717) is 4.88 Å². The predicted octanol–water partition coefficient (Wildman–Crippen LogP) is 7.17. The minimum atomic E-state index is -0.652. The fraction of sp³-hybridized carbons (Fsp3) is 0.308. The molecule has 2 aromatic heterocycles. The standard InChI is InChI=1S/C26H26Cl2N4O4S/c1-15(16-6-3-2-4-7-16)25(34)36-32-24(33)23-20(14-21(37-23)17-10-12-29-13-11-17)30-26(35)31-22-18(27)8-5-9-19(22)28/h5,8-16H,2-4,6-7H2,1H3,(H,32,33)(H2,30,31,35)/t15-/m0/s1. The molecule has 0 radical (unpaired) electrons. The van der Waals surface area contributed by atoms with E-state index in [-0.39, 0.29) is 38.1 Å². The van der Waals surface area contributed by atoms with Crippen LogP contribution in [0.5, 0.6) is 0 Å². The van der Waals surface area contributed by atoms with Crippen molar-refractivity contribution in [2.24, 2.45) is 11.8 Å². The average Bonchev–Trinajstić information content (AvgIpc) is 3.33. The Morgan fingerprint density at radius 2 is 1.70 bits per heavy atom. The van der Waals surface area contributed by atoms with Gasteiger partial charge in [0.1, 0.15) is 4.88 Å². The maximum Gasteiger partial charge on any atom is 0.335 e. The Labute approximate surface area is 228 Å². The molecular weight excluding hydrogens is 535 g/mol. The number of amides is 3. The third-order valence-corrected chi connectivity index (χ3v) is 8.14. The highest BCUT2D eigenvalue weighted by atomic mass is 35.5. The van der Waals surface area contributed by atoms with E-state index < -0.39 is 17.9 Å². The largest absolute Gasteiger partial charge is 0.340 e. The summed E-state index contributed by atoms with van der Waals surface area (Å²) in [7, 11) is 0. The van der Waals surface area contributed by atoms with Crippen molar-refractivity contribution in [1.82, 2.24) is 10.5 Å². The van der Waals surface area contributed by atoms with Crippen molar-refractivity contribution >= 4 is 63.8 Å². The van der Waals surface area contributed by atoms with Gasteiger partial charge < -0.3 is 15.5 Å². The van der Waals surface area contributed by atoms with Crippen molar-refractivity contribution in [2.75, 3.05) is 10.6 Å². The lowest BCUT2D eigenvalue weighted by molar-refractivity contribution is -0.155. The van der Waals surface area contributed by atoms with Crippen molar-refractivity contribution in [1.29, 1.82) is 0 Å². The van der Waals surface area contributed by atoms with E-state index in [9.17, 15) is 14.4 Å². The molecule has 0 spiro atoms. The summed E-state index contributed by atoms with van der Waals surface area (Å²) in [6.07, 6.45) is 8.58. The minimum Gasteiger partial charge on any atom is -0.340 e. The first-order valence-corrected chi connectivity index (χ1v) is 13.5. The molecule has 1 aliphatic rings. The number of para-hydroxylation sites is 1. The van der Waals surface area contributed by atoms with Gasteiger partial charge in [0, 0.05) is 17.3 Å². The number of nitrogens with one attached hydrogen (secondary N) is 3. The van der Waals surface area contributed by atoms with Crippen molar-refractivity contribution in [3.05, 3.63) is 63.7 Å². The van der Waals surface area contributed by atoms with E-state index in [4.69, 9.17) is 28.0 Å². The topological polar surface area (TPSA) is 109 Å². The predicted molar refractivity (Wildman–Crippen MR) is 146 cm³/mol. The summed E-state index contributed by atoms with van der Waals surface area (Å²) >= 11 is 13.4. The number of carbonyl (C=O) groups excluding carboxylic acids is 3. The number of urea groups is 1. The SMILES string of the molecule is C[C@H](C(=O)ONC(=O)c1sc(-c2ccncc2)cc1NC(=O)Nc1c(Cl)cccc1Cl)C1CCCCC1. The summed E-state index contributed by atoms with van der Waals surface area (Å²) in [5.41, 5.74) is 3.53. The number of halogens is 2. The summed E-state index contributed by atoms with van der Waals surface area (Å²) in [5, 5.41) is 5.81. The molecule has 1 saturated carbocycles. The zero-order valence-electron chi connectivity index (χ0n) is 20.1. The first kappa shape index (κ1) is 26.9. The maximum absolute atomic E-state index is 13.1.